The Morgan fingerprint density at radius 2 is 2.00 bits per heavy atom. The van der Waals surface area contributed by atoms with Crippen molar-refractivity contribution in [2.75, 3.05) is 26.6 Å². The molecular formula is C13H20N2O3. The van der Waals surface area contributed by atoms with E-state index < -0.39 is 5.54 Å². The van der Waals surface area contributed by atoms with Crippen molar-refractivity contribution >= 4 is 11.6 Å². The normalized spacial score (nSPS) is 11.1. The number of anilines is 1. The van der Waals surface area contributed by atoms with Gasteiger partial charge in [-0.05, 0) is 26.0 Å². The summed E-state index contributed by atoms with van der Waals surface area (Å²) in [6, 6.07) is 4.92. The molecule has 5 nitrogen and oxygen atoms in total. The number of amides is 1. The highest BCUT2D eigenvalue weighted by molar-refractivity contribution is 5.96. The first-order valence-electron chi connectivity index (χ1n) is 5.64. The Morgan fingerprint density at radius 1 is 1.33 bits per heavy atom. The number of hydrogen-bond acceptors (Lipinski definition) is 4. The fourth-order valence-corrected chi connectivity index (χ4v) is 1.65. The molecule has 1 rings (SSSR count). The quantitative estimate of drug-likeness (QED) is 0.777. The molecule has 0 heterocycles. The summed E-state index contributed by atoms with van der Waals surface area (Å²) >= 11 is 0. The molecule has 0 aliphatic carbocycles. The maximum atomic E-state index is 12.1. The van der Waals surface area contributed by atoms with Gasteiger partial charge in [0.25, 0.3) is 5.91 Å². The first-order valence-corrected chi connectivity index (χ1v) is 5.64. The lowest BCUT2D eigenvalue weighted by Gasteiger charge is -2.25. The topological polar surface area (TPSA) is 73.6 Å². The number of nitrogens with one attached hydrogen (secondary N) is 1. The van der Waals surface area contributed by atoms with E-state index in [1.54, 1.807) is 25.3 Å². The summed E-state index contributed by atoms with van der Waals surface area (Å²) in [5.41, 5.74) is 6.23. The van der Waals surface area contributed by atoms with E-state index in [1.165, 1.54) is 7.11 Å². The Balaban J connectivity index is 2.87. The smallest absolute Gasteiger partial charge is 0.251 e. The molecule has 1 aromatic carbocycles. The molecule has 3 N–H and O–H groups in total. The second-order valence-electron chi connectivity index (χ2n) is 4.77. The Morgan fingerprint density at radius 3 is 2.56 bits per heavy atom. The van der Waals surface area contributed by atoms with Gasteiger partial charge in [0.05, 0.1) is 19.3 Å². The maximum Gasteiger partial charge on any atom is 0.251 e. The molecule has 5 heteroatoms. The van der Waals surface area contributed by atoms with E-state index in [0.29, 0.717) is 23.6 Å². The minimum absolute atomic E-state index is 0.206. The molecule has 0 aliphatic heterocycles. The van der Waals surface area contributed by atoms with Gasteiger partial charge in [-0.2, -0.15) is 0 Å². The van der Waals surface area contributed by atoms with Crippen LogP contribution < -0.4 is 15.8 Å². The lowest BCUT2D eigenvalue weighted by molar-refractivity contribution is 0.0819. The zero-order valence-electron chi connectivity index (χ0n) is 11.2. The number of carbonyl (C=O) groups is 1. The molecule has 18 heavy (non-hydrogen) atoms. The molecule has 0 saturated heterocycles. The molecule has 0 bridgehead atoms. The highest BCUT2D eigenvalue weighted by Crippen LogP contribution is 2.19. The first-order chi connectivity index (χ1) is 8.38. The van der Waals surface area contributed by atoms with Crippen molar-refractivity contribution in [2.24, 2.45) is 0 Å². The molecular weight excluding hydrogens is 232 g/mol. The highest BCUT2D eigenvalue weighted by Gasteiger charge is 2.21. The zero-order valence-corrected chi connectivity index (χ0v) is 11.2. The van der Waals surface area contributed by atoms with Crippen LogP contribution >= 0.6 is 0 Å². The first kappa shape index (κ1) is 14.3. The number of rotatable bonds is 5. The number of carbonyl (C=O) groups excluding carboxylic acids is 1. The van der Waals surface area contributed by atoms with Crippen LogP contribution in [0.5, 0.6) is 5.75 Å². The maximum absolute atomic E-state index is 12.1. The standard InChI is InChI=1S/C13H20N2O3/c1-13(2,8-17-3)15-12(16)9-5-10(14)7-11(6-9)18-4/h5-7H,8,14H2,1-4H3,(H,15,16). The summed E-state index contributed by atoms with van der Waals surface area (Å²) in [7, 11) is 3.13. The minimum atomic E-state index is -0.441. The molecule has 0 unspecified atom stereocenters. The van der Waals surface area contributed by atoms with Crippen LogP contribution in [0.4, 0.5) is 5.69 Å². The summed E-state index contributed by atoms with van der Waals surface area (Å²) in [5.74, 6) is 0.354. The molecule has 0 aliphatic rings. The van der Waals surface area contributed by atoms with Gasteiger partial charge in [0.15, 0.2) is 0 Å². The van der Waals surface area contributed by atoms with Gasteiger partial charge in [0.2, 0.25) is 0 Å². The SMILES string of the molecule is COCC(C)(C)NC(=O)c1cc(N)cc(OC)c1. The van der Waals surface area contributed by atoms with Gasteiger partial charge in [0, 0.05) is 24.4 Å². The Bertz CT molecular complexity index is 430. The Labute approximate surface area is 107 Å². The monoisotopic (exact) mass is 252 g/mol. The van der Waals surface area contributed by atoms with Crippen molar-refractivity contribution in [3.05, 3.63) is 23.8 Å². The molecule has 0 aromatic heterocycles. The van der Waals surface area contributed by atoms with Gasteiger partial charge in [-0.15, -0.1) is 0 Å². The highest BCUT2D eigenvalue weighted by atomic mass is 16.5. The lowest BCUT2D eigenvalue weighted by atomic mass is 10.1. The molecule has 0 saturated carbocycles. The minimum Gasteiger partial charge on any atom is -0.497 e. The predicted molar refractivity (Wildman–Crippen MR) is 70.8 cm³/mol. The van der Waals surface area contributed by atoms with E-state index in [-0.39, 0.29) is 5.91 Å². The second-order valence-corrected chi connectivity index (χ2v) is 4.77. The molecule has 0 fully saturated rings. The van der Waals surface area contributed by atoms with Crippen LogP contribution in [0.1, 0.15) is 24.2 Å². The van der Waals surface area contributed by atoms with Crippen molar-refractivity contribution in [2.45, 2.75) is 19.4 Å². The van der Waals surface area contributed by atoms with Gasteiger partial charge >= 0.3 is 0 Å². The number of hydrogen-bond donors (Lipinski definition) is 2. The third-order valence-corrected chi connectivity index (χ3v) is 2.38. The van der Waals surface area contributed by atoms with Gasteiger partial charge in [-0.25, -0.2) is 0 Å². The van der Waals surface area contributed by atoms with Crippen LogP contribution in [-0.2, 0) is 4.74 Å². The van der Waals surface area contributed by atoms with E-state index in [0.717, 1.165) is 0 Å². The van der Waals surface area contributed by atoms with Crippen molar-refractivity contribution in [1.29, 1.82) is 0 Å². The summed E-state index contributed by atoms with van der Waals surface area (Å²) in [4.78, 5) is 12.1. The second kappa shape index (κ2) is 5.73. The van der Waals surface area contributed by atoms with E-state index in [4.69, 9.17) is 15.2 Å². The van der Waals surface area contributed by atoms with Crippen molar-refractivity contribution < 1.29 is 14.3 Å². The van der Waals surface area contributed by atoms with E-state index >= 15 is 0 Å². The van der Waals surface area contributed by atoms with Crippen LogP contribution in [-0.4, -0.2) is 32.3 Å². The van der Waals surface area contributed by atoms with Crippen LogP contribution in [0.2, 0.25) is 0 Å². The third-order valence-electron chi connectivity index (χ3n) is 2.38. The molecule has 100 valence electrons. The van der Waals surface area contributed by atoms with Crippen LogP contribution in [0.3, 0.4) is 0 Å². The van der Waals surface area contributed by atoms with Crippen molar-refractivity contribution in [1.82, 2.24) is 5.32 Å². The van der Waals surface area contributed by atoms with Gasteiger partial charge in [-0.3, -0.25) is 4.79 Å². The van der Waals surface area contributed by atoms with Crippen LogP contribution in [0, 0.1) is 0 Å². The van der Waals surface area contributed by atoms with E-state index in [9.17, 15) is 4.79 Å². The number of nitrogens with two attached hydrogens (primary N) is 1. The van der Waals surface area contributed by atoms with E-state index in [2.05, 4.69) is 5.32 Å². The molecule has 0 radical (unpaired) electrons. The lowest BCUT2D eigenvalue weighted by Crippen LogP contribution is -2.46. The van der Waals surface area contributed by atoms with Crippen LogP contribution in [0.25, 0.3) is 0 Å². The number of ether oxygens (including phenoxy) is 2. The summed E-state index contributed by atoms with van der Waals surface area (Å²) < 4.78 is 10.1. The largest absolute Gasteiger partial charge is 0.497 e. The van der Waals surface area contributed by atoms with E-state index in [1.807, 2.05) is 13.8 Å². The van der Waals surface area contributed by atoms with Crippen molar-refractivity contribution in [3.8, 4) is 5.75 Å². The molecule has 0 atom stereocenters. The third kappa shape index (κ3) is 3.92. The van der Waals surface area contributed by atoms with Gasteiger partial charge in [0.1, 0.15) is 5.75 Å². The number of methoxy groups -OCH3 is 2. The molecule has 0 spiro atoms. The van der Waals surface area contributed by atoms with Crippen LogP contribution in [0.15, 0.2) is 18.2 Å². The molecule has 1 aromatic rings. The fraction of sp³-hybridized carbons (Fsp3) is 0.462. The number of nitrogen functional groups attached to an aromatic ring is 1. The Kier molecular flexibility index (Phi) is 4.55. The number of benzene rings is 1. The van der Waals surface area contributed by atoms with Gasteiger partial charge in [-0.1, -0.05) is 0 Å². The Hall–Kier alpha value is -1.75. The average molecular weight is 252 g/mol. The fourth-order valence-electron chi connectivity index (χ4n) is 1.65. The van der Waals surface area contributed by atoms with Crippen molar-refractivity contribution in [3.63, 3.8) is 0 Å². The summed E-state index contributed by atoms with van der Waals surface area (Å²) in [6.07, 6.45) is 0. The molecule has 1 amide bonds. The zero-order chi connectivity index (χ0) is 13.8. The average Bonchev–Trinajstić information content (AvgIpc) is 2.27. The van der Waals surface area contributed by atoms with Gasteiger partial charge < -0.3 is 20.5 Å². The summed E-state index contributed by atoms with van der Waals surface area (Å²) in [6.45, 7) is 4.20. The summed E-state index contributed by atoms with van der Waals surface area (Å²) in [5, 5.41) is 2.88. The predicted octanol–water partition coefficient (Wildman–Crippen LogP) is 1.43.